The number of nitrogens with zero attached hydrogens (tertiary/aromatic N) is 1. The zero-order chi connectivity index (χ0) is 17.0. The smallest absolute Gasteiger partial charge is 0.255 e. The number of carbonyl (C=O) groups is 1. The van der Waals surface area contributed by atoms with Crippen LogP contribution < -0.4 is 10.0 Å². The van der Waals surface area contributed by atoms with Crippen LogP contribution in [0.2, 0.25) is 0 Å². The summed E-state index contributed by atoms with van der Waals surface area (Å²) in [5.74, 6) is -0.310. The first-order valence-electron chi connectivity index (χ1n) is 7.88. The molecule has 2 aromatic rings. The highest BCUT2D eigenvalue weighted by Gasteiger charge is 2.23. The van der Waals surface area contributed by atoms with E-state index in [0.717, 1.165) is 25.7 Å². The lowest BCUT2D eigenvalue weighted by atomic mass is 10.2. The lowest BCUT2D eigenvalue weighted by molar-refractivity contribution is 0.102. The first kappa shape index (κ1) is 16.6. The van der Waals surface area contributed by atoms with Crippen LogP contribution in [0.3, 0.4) is 0 Å². The Kier molecular flexibility index (Phi) is 4.92. The number of benzene rings is 1. The summed E-state index contributed by atoms with van der Waals surface area (Å²) < 4.78 is 27.4. The minimum atomic E-state index is -3.54. The van der Waals surface area contributed by atoms with Gasteiger partial charge in [-0.3, -0.25) is 9.78 Å². The lowest BCUT2D eigenvalue weighted by Gasteiger charge is -2.12. The van der Waals surface area contributed by atoms with Gasteiger partial charge in [-0.05, 0) is 49.2 Å². The minimum absolute atomic E-state index is 0.0172. The van der Waals surface area contributed by atoms with Gasteiger partial charge in [0.1, 0.15) is 0 Å². The Labute approximate surface area is 141 Å². The van der Waals surface area contributed by atoms with Crippen molar-refractivity contribution in [2.75, 3.05) is 5.32 Å². The quantitative estimate of drug-likeness (QED) is 0.872. The van der Waals surface area contributed by atoms with Gasteiger partial charge in [0, 0.05) is 17.8 Å². The van der Waals surface area contributed by atoms with Gasteiger partial charge in [0.05, 0.1) is 16.8 Å². The van der Waals surface area contributed by atoms with Crippen molar-refractivity contribution in [3.8, 4) is 0 Å². The number of hydrogen-bond donors (Lipinski definition) is 2. The molecule has 7 heteroatoms. The highest BCUT2D eigenvalue weighted by molar-refractivity contribution is 7.89. The van der Waals surface area contributed by atoms with Gasteiger partial charge in [0.25, 0.3) is 5.91 Å². The third kappa shape index (κ3) is 3.98. The van der Waals surface area contributed by atoms with E-state index in [-0.39, 0.29) is 16.8 Å². The molecule has 0 spiro atoms. The molecule has 1 aliphatic rings. The standard InChI is InChI=1S/C17H19N3O3S/c21-17(19-15-6-3-11-18-12-15)13-7-9-16(10-8-13)24(22,23)20-14-4-1-2-5-14/h3,6-12,14,20H,1-2,4-5H2,(H,19,21). The second-order valence-electron chi connectivity index (χ2n) is 5.82. The summed E-state index contributed by atoms with van der Waals surface area (Å²) in [4.78, 5) is 16.2. The summed E-state index contributed by atoms with van der Waals surface area (Å²) in [7, 11) is -3.54. The predicted molar refractivity (Wildman–Crippen MR) is 91.2 cm³/mol. The number of pyridine rings is 1. The number of hydrogen-bond acceptors (Lipinski definition) is 4. The molecule has 1 fully saturated rings. The molecule has 6 nitrogen and oxygen atoms in total. The van der Waals surface area contributed by atoms with Crippen molar-refractivity contribution < 1.29 is 13.2 Å². The first-order chi connectivity index (χ1) is 11.5. The molecule has 0 atom stereocenters. The fourth-order valence-electron chi connectivity index (χ4n) is 2.76. The lowest BCUT2D eigenvalue weighted by Crippen LogP contribution is -2.32. The average Bonchev–Trinajstić information content (AvgIpc) is 3.08. The van der Waals surface area contributed by atoms with E-state index >= 15 is 0 Å². The molecule has 1 aliphatic carbocycles. The normalized spacial score (nSPS) is 15.3. The zero-order valence-corrected chi connectivity index (χ0v) is 13.9. The van der Waals surface area contributed by atoms with Gasteiger partial charge >= 0.3 is 0 Å². The summed E-state index contributed by atoms with van der Waals surface area (Å²) in [6.07, 6.45) is 7.03. The maximum Gasteiger partial charge on any atom is 0.255 e. The van der Waals surface area contributed by atoms with Crippen LogP contribution in [-0.4, -0.2) is 25.4 Å². The Morgan fingerprint density at radius 1 is 1.08 bits per heavy atom. The topological polar surface area (TPSA) is 88.2 Å². The molecule has 1 amide bonds. The summed E-state index contributed by atoms with van der Waals surface area (Å²) in [6.45, 7) is 0. The molecular weight excluding hydrogens is 326 g/mol. The van der Waals surface area contributed by atoms with Crippen LogP contribution in [0.4, 0.5) is 5.69 Å². The number of sulfonamides is 1. The third-order valence-corrected chi connectivity index (χ3v) is 5.56. The number of nitrogens with one attached hydrogen (secondary N) is 2. The molecule has 1 saturated carbocycles. The van der Waals surface area contributed by atoms with Crippen LogP contribution in [0.5, 0.6) is 0 Å². The van der Waals surface area contributed by atoms with Crippen molar-refractivity contribution in [1.82, 2.24) is 9.71 Å². The van der Waals surface area contributed by atoms with Crippen LogP contribution in [0, 0.1) is 0 Å². The highest BCUT2D eigenvalue weighted by atomic mass is 32.2. The number of aromatic nitrogens is 1. The van der Waals surface area contributed by atoms with Gasteiger partial charge < -0.3 is 5.32 Å². The molecule has 1 aromatic heterocycles. The van der Waals surface area contributed by atoms with E-state index in [0.29, 0.717) is 11.3 Å². The van der Waals surface area contributed by atoms with E-state index in [1.807, 2.05) is 0 Å². The Balaban J connectivity index is 1.69. The Hall–Kier alpha value is -2.25. The van der Waals surface area contributed by atoms with E-state index in [2.05, 4.69) is 15.0 Å². The number of rotatable bonds is 5. The summed E-state index contributed by atoms with van der Waals surface area (Å²) in [5, 5.41) is 2.71. The first-order valence-corrected chi connectivity index (χ1v) is 9.37. The molecule has 1 aromatic carbocycles. The highest BCUT2D eigenvalue weighted by Crippen LogP contribution is 2.20. The summed E-state index contributed by atoms with van der Waals surface area (Å²) in [5.41, 5.74) is 0.973. The number of carbonyl (C=O) groups excluding carboxylic acids is 1. The maximum atomic E-state index is 12.3. The predicted octanol–water partition coefficient (Wildman–Crippen LogP) is 2.55. The van der Waals surface area contributed by atoms with Gasteiger partial charge in [0.2, 0.25) is 10.0 Å². The number of amides is 1. The second-order valence-corrected chi connectivity index (χ2v) is 7.54. The fourth-order valence-corrected chi connectivity index (χ4v) is 4.06. The minimum Gasteiger partial charge on any atom is -0.321 e. The van der Waals surface area contributed by atoms with E-state index in [4.69, 9.17) is 0 Å². The van der Waals surface area contributed by atoms with Crippen LogP contribution in [0.25, 0.3) is 0 Å². The van der Waals surface area contributed by atoms with Gasteiger partial charge in [0.15, 0.2) is 0 Å². The molecule has 0 bridgehead atoms. The van der Waals surface area contributed by atoms with Gasteiger partial charge in [-0.15, -0.1) is 0 Å². The number of anilines is 1. The van der Waals surface area contributed by atoms with E-state index in [1.165, 1.54) is 24.3 Å². The van der Waals surface area contributed by atoms with Crippen LogP contribution in [0.1, 0.15) is 36.0 Å². The van der Waals surface area contributed by atoms with Crippen LogP contribution >= 0.6 is 0 Å². The van der Waals surface area contributed by atoms with E-state index in [1.54, 1.807) is 24.5 Å². The summed E-state index contributed by atoms with van der Waals surface area (Å²) in [6, 6.07) is 9.40. The molecule has 0 radical (unpaired) electrons. The van der Waals surface area contributed by atoms with Gasteiger partial charge in [-0.2, -0.15) is 0 Å². The molecule has 2 N–H and O–H groups in total. The van der Waals surface area contributed by atoms with Gasteiger partial charge in [-0.25, -0.2) is 13.1 Å². The third-order valence-electron chi connectivity index (χ3n) is 4.02. The van der Waals surface area contributed by atoms with Crippen molar-refractivity contribution in [3.63, 3.8) is 0 Å². The molecular formula is C17H19N3O3S. The fraction of sp³-hybridized carbons (Fsp3) is 0.294. The molecule has 0 aliphatic heterocycles. The van der Waals surface area contributed by atoms with Crippen molar-refractivity contribution in [3.05, 3.63) is 54.4 Å². The van der Waals surface area contributed by atoms with Crippen molar-refractivity contribution in [1.29, 1.82) is 0 Å². The van der Waals surface area contributed by atoms with Gasteiger partial charge in [-0.1, -0.05) is 12.8 Å². The zero-order valence-electron chi connectivity index (χ0n) is 13.1. The molecule has 3 rings (SSSR count). The van der Waals surface area contributed by atoms with E-state index < -0.39 is 10.0 Å². The molecule has 0 saturated heterocycles. The SMILES string of the molecule is O=C(Nc1cccnc1)c1ccc(S(=O)(=O)NC2CCCC2)cc1. The Morgan fingerprint density at radius 2 is 1.79 bits per heavy atom. The van der Waals surface area contributed by atoms with Crippen LogP contribution in [0.15, 0.2) is 53.7 Å². The molecule has 0 unspecified atom stereocenters. The molecule has 126 valence electrons. The largest absolute Gasteiger partial charge is 0.321 e. The van der Waals surface area contributed by atoms with Crippen LogP contribution in [-0.2, 0) is 10.0 Å². The van der Waals surface area contributed by atoms with E-state index in [9.17, 15) is 13.2 Å². The maximum absolute atomic E-state index is 12.3. The van der Waals surface area contributed by atoms with Crippen molar-refractivity contribution >= 4 is 21.6 Å². The van der Waals surface area contributed by atoms with Crippen molar-refractivity contribution in [2.24, 2.45) is 0 Å². The second kappa shape index (κ2) is 7.11. The van der Waals surface area contributed by atoms with Crippen molar-refractivity contribution in [2.45, 2.75) is 36.6 Å². The molecule has 1 heterocycles. The Bertz CT molecular complexity index is 799. The summed E-state index contributed by atoms with van der Waals surface area (Å²) >= 11 is 0. The average molecular weight is 345 g/mol. The Morgan fingerprint density at radius 3 is 2.42 bits per heavy atom. The molecule has 24 heavy (non-hydrogen) atoms. The monoisotopic (exact) mass is 345 g/mol.